The van der Waals surface area contributed by atoms with Gasteiger partial charge in [0.25, 0.3) is 0 Å². The third-order valence-electron chi connectivity index (χ3n) is 2.41. The Morgan fingerprint density at radius 3 is 2.07 bits per heavy atom. The molecule has 0 heteroatoms. The van der Waals surface area contributed by atoms with Gasteiger partial charge in [-0.3, -0.25) is 0 Å². The minimum atomic E-state index is 1.17. The summed E-state index contributed by atoms with van der Waals surface area (Å²) in [6, 6.07) is 0. The van der Waals surface area contributed by atoms with Crippen molar-refractivity contribution in [2.45, 2.75) is 51.9 Å². The van der Waals surface area contributed by atoms with Gasteiger partial charge in [0.2, 0.25) is 0 Å². The summed E-state index contributed by atoms with van der Waals surface area (Å²) in [4.78, 5) is 0. The first kappa shape index (κ1) is 13.2. The zero-order valence-corrected chi connectivity index (χ0v) is 9.60. The van der Waals surface area contributed by atoms with Crippen LogP contribution in [0.15, 0.2) is 37.0 Å². The second kappa shape index (κ2) is 10.3. The first-order chi connectivity index (χ1) is 6.85. The summed E-state index contributed by atoms with van der Waals surface area (Å²) < 4.78 is 0. The Kier molecular flexibility index (Phi) is 9.73. The molecular weight excluding hydrogens is 168 g/mol. The highest BCUT2D eigenvalue weighted by molar-refractivity contribution is 5.26. The molecular formula is C14H24. The van der Waals surface area contributed by atoms with Crippen LogP contribution >= 0.6 is 0 Å². The van der Waals surface area contributed by atoms with Gasteiger partial charge >= 0.3 is 0 Å². The minimum absolute atomic E-state index is 1.17. The molecule has 0 radical (unpaired) electrons. The van der Waals surface area contributed by atoms with Gasteiger partial charge in [0.15, 0.2) is 0 Å². The summed E-state index contributed by atoms with van der Waals surface area (Å²) >= 11 is 0. The van der Waals surface area contributed by atoms with Crippen LogP contribution in [0.1, 0.15) is 51.9 Å². The fourth-order valence-corrected chi connectivity index (χ4v) is 1.44. The normalized spacial score (nSPS) is 9.50. The van der Waals surface area contributed by atoms with E-state index in [0.29, 0.717) is 0 Å². The van der Waals surface area contributed by atoms with E-state index < -0.39 is 0 Å². The number of hydrogen-bond donors (Lipinski definition) is 0. The van der Waals surface area contributed by atoms with E-state index in [-0.39, 0.29) is 0 Å². The summed E-state index contributed by atoms with van der Waals surface area (Å²) in [5.74, 6) is 0. The first-order valence-corrected chi connectivity index (χ1v) is 5.80. The molecule has 0 heterocycles. The highest BCUT2D eigenvalue weighted by atomic mass is 13.9. The second-order valence-electron chi connectivity index (χ2n) is 3.67. The summed E-state index contributed by atoms with van der Waals surface area (Å²) in [5, 5.41) is 0. The molecule has 0 saturated carbocycles. The molecule has 0 aromatic rings. The van der Waals surface area contributed by atoms with Gasteiger partial charge in [-0.1, -0.05) is 70.4 Å². The van der Waals surface area contributed by atoms with Gasteiger partial charge in [-0.2, -0.15) is 0 Å². The largest absolute Gasteiger partial charge is 0.0985 e. The molecule has 0 bridgehead atoms. The van der Waals surface area contributed by atoms with Crippen LogP contribution in [0.5, 0.6) is 0 Å². The third kappa shape index (κ3) is 7.85. The number of hydrogen-bond acceptors (Lipinski definition) is 0. The van der Waals surface area contributed by atoms with E-state index >= 15 is 0 Å². The molecule has 0 aromatic heterocycles. The highest BCUT2D eigenvalue weighted by Crippen LogP contribution is 2.08. The van der Waals surface area contributed by atoms with Crippen LogP contribution in [0.3, 0.4) is 0 Å². The Bertz CT molecular complexity index is 164. The zero-order chi connectivity index (χ0) is 10.6. The molecule has 0 spiro atoms. The average Bonchev–Trinajstić information content (AvgIpc) is 2.22. The molecule has 0 aliphatic carbocycles. The first-order valence-electron chi connectivity index (χ1n) is 5.80. The van der Waals surface area contributed by atoms with Gasteiger partial charge in [-0.15, -0.1) is 0 Å². The molecule has 14 heavy (non-hydrogen) atoms. The molecule has 0 atom stereocenters. The molecule has 0 unspecified atom stereocenters. The zero-order valence-electron chi connectivity index (χ0n) is 9.60. The molecule has 0 nitrogen and oxygen atoms in total. The lowest BCUT2D eigenvalue weighted by atomic mass is 10.1. The summed E-state index contributed by atoms with van der Waals surface area (Å²) in [6.45, 7) is 9.72. The molecule has 0 N–H and O–H groups in total. The van der Waals surface area contributed by atoms with Crippen molar-refractivity contribution >= 4 is 0 Å². The Labute approximate surface area is 89.4 Å². The highest BCUT2D eigenvalue weighted by Gasteiger charge is 1.89. The van der Waals surface area contributed by atoms with Crippen molar-refractivity contribution < 1.29 is 0 Å². The Morgan fingerprint density at radius 2 is 1.50 bits per heavy atom. The number of rotatable bonds is 9. The molecule has 80 valence electrons. The summed E-state index contributed by atoms with van der Waals surface area (Å²) in [6.07, 6.45) is 15.3. The van der Waals surface area contributed by atoms with Crippen molar-refractivity contribution in [3.63, 3.8) is 0 Å². The maximum absolute atomic E-state index is 3.73. The van der Waals surface area contributed by atoms with Gasteiger partial charge in [0.1, 0.15) is 0 Å². The maximum atomic E-state index is 3.73. The van der Waals surface area contributed by atoms with Crippen molar-refractivity contribution in [3.8, 4) is 0 Å². The molecule has 0 saturated heterocycles. The second-order valence-corrected chi connectivity index (χ2v) is 3.67. The lowest BCUT2D eigenvalue weighted by Crippen LogP contribution is -1.78. The number of allylic oxidation sites excluding steroid dienone is 4. The van der Waals surface area contributed by atoms with Crippen LogP contribution in [0, 0.1) is 0 Å². The van der Waals surface area contributed by atoms with E-state index in [1.807, 2.05) is 12.2 Å². The van der Waals surface area contributed by atoms with E-state index in [4.69, 9.17) is 0 Å². The van der Waals surface area contributed by atoms with E-state index in [9.17, 15) is 0 Å². The van der Waals surface area contributed by atoms with Gasteiger partial charge in [-0.05, 0) is 18.4 Å². The van der Waals surface area contributed by atoms with E-state index in [2.05, 4.69) is 26.2 Å². The summed E-state index contributed by atoms with van der Waals surface area (Å²) in [5.41, 5.74) is 1.17. The monoisotopic (exact) mass is 192 g/mol. The summed E-state index contributed by atoms with van der Waals surface area (Å²) in [7, 11) is 0. The molecule has 0 amide bonds. The topological polar surface area (TPSA) is 0 Å². The smallest absolute Gasteiger partial charge is 0.0308 e. The van der Waals surface area contributed by atoms with Crippen molar-refractivity contribution in [2.75, 3.05) is 0 Å². The van der Waals surface area contributed by atoms with Gasteiger partial charge in [-0.25, -0.2) is 0 Å². The van der Waals surface area contributed by atoms with Crippen LogP contribution in [0.2, 0.25) is 0 Å². The quantitative estimate of drug-likeness (QED) is 0.355. The third-order valence-corrected chi connectivity index (χ3v) is 2.41. The average molecular weight is 192 g/mol. The van der Waals surface area contributed by atoms with Gasteiger partial charge < -0.3 is 0 Å². The lowest BCUT2D eigenvalue weighted by molar-refractivity contribution is 0.611. The molecule has 0 rings (SSSR count). The fraction of sp³-hybridized carbons (Fsp3) is 0.571. The van der Waals surface area contributed by atoms with Crippen molar-refractivity contribution in [1.29, 1.82) is 0 Å². The fourth-order valence-electron chi connectivity index (χ4n) is 1.44. The SMILES string of the molecule is C=CC(C=C)=CCCCCCCCC. The minimum Gasteiger partial charge on any atom is -0.0985 e. The van der Waals surface area contributed by atoms with Crippen LogP contribution < -0.4 is 0 Å². The Hall–Kier alpha value is -0.780. The molecule has 0 fully saturated rings. The predicted octanol–water partition coefficient (Wildman–Crippen LogP) is 5.04. The standard InChI is InChI=1S/C14H24/c1-4-7-8-9-10-11-12-13-14(5-2)6-3/h5-6,13H,2-4,7-12H2,1H3. The number of unbranched alkanes of at least 4 members (excludes halogenated alkanes) is 6. The van der Waals surface area contributed by atoms with Gasteiger partial charge in [0, 0.05) is 0 Å². The Morgan fingerprint density at radius 1 is 0.929 bits per heavy atom. The van der Waals surface area contributed by atoms with Crippen LogP contribution in [0.4, 0.5) is 0 Å². The van der Waals surface area contributed by atoms with E-state index in [1.165, 1.54) is 50.5 Å². The van der Waals surface area contributed by atoms with Crippen LogP contribution in [-0.4, -0.2) is 0 Å². The van der Waals surface area contributed by atoms with Gasteiger partial charge in [0.05, 0.1) is 0 Å². The predicted molar refractivity (Wildman–Crippen MR) is 66.5 cm³/mol. The molecule has 0 aliphatic heterocycles. The molecule has 0 aliphatic rings. The van der Waals surface area contributed by atoms with E-state index in [0.717, 1.165) is 0 Å². The van der Waals surface area contributed by atoms with E-state index in [1.54, 1.807) is 0 Å². The lowest BCUT2D eigenvalue weighted by Gasteiger charge is -1.98. The Balaban J connectivity index is 3.31. The van der Waals surface area contributed by atoms with Crippen molar-refractivity contribution in [3.05, 3.63) is 37.0 Å². The van der Waals surface area contributed by atoms with Crippen molar-refractivity contribution in [2.24, 2.45) is 0 Å². The van der Waals surface area contributed by atoms with Crippen LogP contribution in [0.25, 0.3) is 0 Å². The molecule has 0 aromatic carbocycles. The van der Waals surface area contributed by atoms with Crippen molar-refractivity contribution in [1.82, 2.24) is 0 Å². The maximum Gasteiger partial charge on any atom is -0.0308 e. The van der Waals surface area contributed by atoms with Crippen LogP contribution in [-0.2, 0) is 0 Å².